The molecule has 9 rings (SSSR count). The molecule has 3 nitrogen and oxygen atoms in total. The third-order valence-electron chi connectivity index (χ3n) is 8.65. The van der Waals surface area contributed by atoms with E-state index in [0.29, 0.717) is 5.82 Å². The Bertz CT molecular complexity index is 2550. The fourth-order valence-electron chi connectivity index (χ4n) is 6.46. The van der Waals surface area contributed by atoms with Crippen LogP contribution in [-0.2, 0) is 0 Å². The van der Waals surface area contributed by atoms with Crippen LogP contribution in [0.15, 0.2) is 162 Å². The highest BCUT2D eigenvalue weighted by Crippen LogP contribution is 2.41. The summed E-state index contributed by atoms with van der Waals surface area (Å²) in [6, 6.07) is 55.0. The van der Waals surface area contributed by atoms with E-state index >= 15 is 0 Å². The number of furan rings is 1. The van der Waals surface area contributed by atoms with Crippen LogP contribution in [0.3, 0.4) is 0 Å². The molecule has 0 aliphatic carbocycles. The standard InChI is InChI=1S/C42H26N2O/c1-2-11-27(12-3-1)30-15-10-16-31(23-30)33-25-36(40-35-18-7-9-20-38(35)45-39(40)26-33)42-43-37-19-8-6-17-34(37)41(44-42)32-22-21-28-13-4-5-14-29(28)24-32/h1-26H. The zero-order chi connectivity index (χ0) is 29.7. The molecule has 0 saturated carbocycles. The predicted molar refractivity (Wildman–Crippen MR) is 186 cm³/mol. The van der Waals surface area contributed by atoms with Crippen molar-refractivity contribution in [2.24, 2.45) is 0 Å². The van der Waals surface area contributed by atoms with E-state index < -0.39 is 0 Å². The maximum atomic E-state index is 6.49. The van der Waals surface area contributed by atoms with Crippen LogP contribution in [0, 0.1) is 0 Å². The largest absolute Gasteiger partial charge is 0.456 e. The van der Waals surface area contributed by atoms with Crippen molar-refractivity contribution in [2.75, 3.05) is 0 Å². The highest BCUT2D eigenvalue weighted by molar-refractivity contribution is 6.13. The zero-order valence-corrected chi connectivity index (χ0v) is 24.3. The molecule has 9 aromatic rings. The highest BCUT2D eigenvalue weighted by Gasteiger charge is 2.19. The second-order valence-corrected chi connectivity index (χ2v) is 11.4. The fourth-order valence-corrected chi connectivity index (χ4v) is 6.46. The highest BCUT2D eigenvalue weighted by atomic mass is 16.3. The molecule has 0 amide bonds. The Morgan fingerprint density at radius 3 is 2.00 bits per heavy atom. The molecule has 3 heteroatoms. The Labute approximate surface area is 260 Å². The lowest BCUT2D eigenvalue weighted by Gasteiger charge is -2.13. The van der Waals surface area contributed by atoms with Crippen LogP contribution in [0.5, 0.6) is 0 Å². The molecule has 0 bridgehead atoms. The van der Waals surface area contributed by atoms with Gasteiger partial charge in [-0.05, 0) is 69.4 Å². The van der Waals surface area contributed by atoms with Gasteiger partial charge >= 0.3 is 0 Å². The molecule has 0 atom stereocenters. The number of fused-ring (bicyclic) bond motifs is 5. The van der Waals surface area contributed by atoms with Crippen LogP contribution < -0.4 is 0 Å². The van der Waals surface area contributed by atoms with E-state index in [4.69, 9.17) is 14.4 Å². The summed E-state index contributed by atoms with van der Waals surface area (Å²) in [5, 5.41) is 5.49. The molecular weight excluding hydrogens is 548 g/mol. The number of benzene rings is 7. The van der Waals surface area contributed by atoms with E-state index in [1.165, 1.54) is 21.9 Å². The Balaban J connectivity index is 1.31. The van der Waals surface area contributed by atoms with Gasteiger partial charge in [-0.3, -0.25) is 0 Å². The van der Waals surface area contributed by atoms with Gasteiger partial charge in [0.05, 0.1) is 11.2 Å². The number of rotatable bonds is 4. The van der Waals surface area contributed by atoms with E-state index in [1.54, 1.807) is 0 Å². The summed E-state index contributed by atoms with van der Waals surface area (Å²) in [7, 11) is 0. The number of hydrogen-bond acceptors (Lipinski definition) is 3. The number of aromatic nitrogens is 2. The van der Waals surface area contributed by atoms with E-state index in [9.17, 15) is 0 Å². The first-order chi connectivity index (χ1) is 22.3. The molecule has 0 aliphatic rings. The third kappa shape index (κ3) is 4.37. The molecule has 0 spiro atoms. The maximum absolute atomic E-state index is 6.49. The smallest absolute Gasteiger partial charge is 0.161 e. The topological polar surface area (TPSA) is 38.9 Å². The molecule has 2 heterocycles. The third-order valence-corrected chi connectivity index (χ3v) is 8.65. The summed E-state index contributed by atoms with van der Waals surface area (Å²) in [4.78, 5) is 10.5. The predicted octanol–water partition coefficient (Wildman–Crippen LogP) is 11.4. The van der Waals surface area contributed by atoms with Crippen molar-refractivity contribution in [3.05, 3.63) is 158 Å². The van der Waals surface area contributed by atoms with Crippen LogP contribution in [0.25, 0.3) is 88.5 Å². The van der Waals surface area contributed by atoms with Crippen LogP contribution in [0.4, 0.5) is 0 Å². The van der Waals surface area contributed by atoms with Gasteiger partial charge in [0.1, 0.15) is 11.2 Å². The van der Waals surface area contributed by atoms with Gasteiger partial charge in [0.2, 0.25) is 0 Å². The fraction of sp³-hybridized carbons (Fsp3) is 0. The van der Waals surface area contributed by atoms with Crippen LogP contribution in [-0.4, -0.2) is 9.97 Å². The van der Waals surface area contributed by atoms with Crippen molar-refractivity contribution in [1.29, 1.82) is 0 Å². The van der Waals surface area contributed by atoms with Gasteiger partial charge in [0.25, 0.3) is 0 Å². The molecule has 7 aromatic carbocycles. The second kappa shape index (κ2) is 10.3. The maximum Gasteiger partial charge on any atom is 0.161 e. The summed E-state index contributed by atoms with van der Waals surface area (Å²) >= 11 is 0. The molecule has 2 aromatic heterocycles. The molecule has 0 radical (unpaired) electrons. The number of hydrogen-bond donors (Lipinski definition) is 0. The van der Waals surface area contributed by atoms with E-state index in [0.717, 1.165) is 60.8 Å². The van der Waals surface area contributed by atoms with Crippen LogP contribution in [0.1, 0.15) is 0 Å². The summed E-state index contributed by atoms with van der Waals surface area (Å²) in [5.41, 5.74) is 10.0. The second-order valence-electron chi connectivity index (χ2n) is 11.4. The van der Waals surface area contributed by atoms with Gasteiger partial charge in [-0.2, -0.15) is 0 Å². The summed E-state index contributed by atoms with van der Waals surface area (Å²) in [6.07, 6.45) is 0. The van der Waals surface area contributed by atoms with Crippen molar-refractivity contribution in [3.8, 4) is 44.9 Å². The van der Waals surface area contributed by atoms with Crippen LogP contribution in [0.2, 0.25) is 0 Å². The zero-order valence-electron chi connectivity index (χ0n) is 24.3. The molecule has 45 heavy (non-hydrogen) atoms. The van der Waals surface area contributed by atoms with Gasteiger partial charge in [0, 0.05) is 27.3 Å². The summed E-state index contributed by atoms with van der Waals surface area (Å²) in [6.45, 7) is 0. The van der Waals surface area contributed by atoms with Gasteiger partial charge in [-0.1, -0.05) is 121 Å². The normalized spacial score (nSPS) is 11.6. The molecule has 0 unspecified atom stereocenters. The summed E-state index contributed by atoms with van der Waals surface area (Å²) < 4.78 is 6.49. The Hall–Kier alpha value is -6.06. The minimum atomic E-state index is 0.675. The van der Waals surface area contributed by atoms with Crippen molar-refractivity contribution in [2.45, 2.75) is 0 Å². The molecular formula is C42H26N2O. The average Bonchev–Trinajstić information content (AvgIpc) is 3.50. The first-order valence-electron chi connectivity index (χ1n) is 15.2. The minimum Gasteiger partial charge on any atom is -0.456 e. The van der Waals surface area contributed by atoms with E-state index in [2.05, 4.69) is 133 Å². The first kappa shape index (κ1) is 25.4. The molecule has 0 aliphatic heterocycles. The quantitative estimate of drug-likeness (QED) is 0.210. The van der Waals surface area contributed by atoms with Crippen molar-refractivity contribution in [3.63, 3.8) is 0 Å². The Morgan fingerprint density at radius 1 is 0.400 bits per heavy atom. The van der Waals surface area contributed by atoms with Crippen LogP contribution >= 0.6 is 0 Å². The molecule has 0 saturated heterocycles. The molecule has 0 fully saturated rings. The Kier molecular flexibility index (Phi) is 5.82. The Morgan fingerprint density at radius 2 is 1.11 bits per heavy atom. The van der Waals surface area contributed by atoms with Gasteiger partial charge in [-0.25, -0.2) is 9.97 Å². The lowest BCUT2D eigenvalue weighted by atomic mass is 9.95. The number of nitrogens with zero attached hydrogens (tertiary/aromatic N) is 2. The van der Waals surface area contributed by atoms with Gasteiger partial charge in [-0.15, -0.1) is 0 Å². The molecule has 210 valence electrons. The van der Waals surface area contributed by atoms with Gasteiger partial charge < -0.3 is 4.42 Å². The number of para-hydroxylation sites is 2. The lowest BCUT2D eigenvalue weighted by Crippen LogP contribution is -1.96. The van der Waals surface area contributed by atoms with Crippen molar-refractivity contribution >= 4 is 43.6 Å². The van der Waals surface area contributed by atoms with E-state index in [-0.39, 0.29) is 0 Å². The average molecular weight is 575 g/mol. The van der Waals surface area contributed by atoms with Crippen molar-refractivity contribution < 1.29 is 4.42 Å². The SMILES string of the molecule is c1ccc(-c2cccc(-c3cc(-c4nc(-c5ccc6ccccc6c5)c5ccccc5n4)c4c(c3)oc3ccccc34)c2)cc1. The summed E-state index contributed by atoms with van der Waals surface area (Å²) in [5.74, 6) is 0.675. The molecule has 0 N–H and O–H groups in total. The van der Waals surface area contributed by atoms with Gasteiger partial charge in [0.15, 0.2) is 5.82 Å². The first-order valence-corrected chi connectivity index (χ1v) is 15.2. The minimum absolute atomic E-state index is 0.675. The van der Waals surface area contributed by atoms with E-state index in [1.807, 2.05) is 24.3 Å². The lowest BCUT2D eigenvalue weighted by molar-refractivity contribution is 0.669. The monoisotopic (exact) mass is 574 g/mol. The van der Waals surface area contributed by atoms with Crippen molar-refractivity contribution in [1.82, 2.24) is 9.97 Å².